The van der Waals surface area contributed by atoms with E-state index in [1.165, 1.54) is 12.8 Å². The molecule has 1 heteroatoms. The van der Waals surface area contributed by atoms with Gasteiger partial charge in [-0.05, 0) is 18.8 Å². The number of hydrogen-bond acceptors (Lipinski definition) is 0. The summed E-state index contributed by atoms with van der Waals surface area (Å²) in [4.78, 5) is 0. The molecule has 0 aromatic rings. The Bertz CT molecular complexity index is 70.8. The normalized spacial score (nSPS) is 35.2. The van der Waals surface area contributed by atoms with Gasteiger partial charge < -0.3 is 0 Å². The van der Waals surface area contributed by atoms with E-state index in [4.69, 9.17) is 0 Å². The predicted molar refractivity (Wildman–Crippen MR) is 32.5 cm³/mol. The van der Waals surface area contributed by atoms with Crippen LogP contribution in [0.1, 0.15) is 32.6 Å². The van der Waals surface area contributed by atoms with Gasteiger partial charge in [0.15, 0.2) is 0 Å². The summed E-state index contributed by atoms with van der Waals surface area (Å²) in [6.07, 6.45) is 3.97. The molecule has 0 aromatic heterocycles. The lowest BCUT2D eigenvalue weighted by Crippen LogP contribution is -1.79. The summed E-state index contributed by atoms with van der Waals surface area (Å²) in [5.74, 6) is 0.454. The van der Waals surface area contributed by atoms with Gasteiger partial charge in [0.2, 0.25) is 0 Å². The fourth-order valence-corrected chi connectivity index (χ4v) is 0.976. The van der Waals surface area contributed by atoms with Gasteiger partial charge in [-0.25, -0.2) is 4.39 Å². The summed E-state index contributed by atoms with van der Waals surface area (Å²) in [6, 6.07) is 0. The zero-order valence-electron chi connectivity index (χ0n) is 5.36. The molecule has 8 heavy (non-hydrogen) atoms. The third-order valence-corrected chi connectivity index (χ3v) is 1.76. The molecule has 1 fully saturated rings. The van der Waals surface area contributed by atoms with Crippen LogP contribution in [0.3, 0.4) is 0 Å². The highest BCUT2D eigenvalue weighted by molar-refractivity contribution is 4.85. The first-order chi connectivity index (χ1) is 3.84. The Labute approximate surface area is 50.1 Å². The molecule has 0 spiro atoms. The molecule has 0 aromatic carbocycles. The van der Waals surface area contributed by atoms with Gasteiger partial charge in [-0.15, -0.1) is 0 Å². The van der Waals surface area contributed by atoms with Crippen molar-refractivity contribution in [3.8, 4) is 0 Å². The Morgan fingerprint density at radius 2 is 2.25 bits per heavy atom. The van der Waals surface area contributed by atoms with Gasteiger partial charge in [0.1, 0.15) is 6.17 Å². The van der Waals surface area contributed by atoms with E-state index in [-0.39, 0.29) is 0 Å². The molecule has 0 N–H and O–H groups in total. The van der Waals surface area contributed by atoms with E-state index in [0.717, 1.165) is 12.8 Å². The lowest BCUT2D eigenvalue weighted by Gasteiger charge is -1.89. The quantitative estimate of drug-likeness (QED) is 0.531. The van der Waals surface area contributed by atoms with Crippen LogP contribution in [-0.4, -0.2) is 6.17 Å². The fraction of sp³-hybridized carbons (Fsp3) is 1.00. The van der Waals surface area contributed by atoms with E-state index < -0.39 is 6.17 Å². The zero-order chi connectivity index (χ0) is 5.98. The highest BCUT2D eigenvalue weighted by Crippen LogP contribution is 2.37. The molecule has 0 nitrogen and oxygen atoms in total. The van der Waals surface area contributed by atoms with Gasteiger partial charge in [-0.1, -0.05) is 19.8 Å². The molecule has 1 saturated carbocycles. The Balaban J connectivity index is 1.89. The molecule has 0 radical (unpaired) electrons. The van der Waals surface area contributed by atoms with Crippen LogP contribution >= 0.6 is 0 Å². The van der Waals surface area contributed by atoms with Crippen LogP contribution in [0.15, 0.2) is 0 Å². The maximum absolute atomic E-state index is 12.1. The lowest BCUT2D eigenvalue weighted by molar-refractivity contribution is 0.432. The van der Waals surface area contributed by atoms with Crippen molar-refractivity contribution in [2.75, 3.05) is 0 Å². The second kappa shape index (κ2) is 2.47. The summed E-state index contributed by atoms with van der Waals surface area (Å²) >= 11 is 0. The molecule has 0 amide bonds. The summed E-state index contributed by atoms with van der Waals surface area (Å²) in [5, 5.41) is 0. The summed E-state index contributed by atoms with van der Waals surface area (Å²) in [7, 11) is 0. The Hall–Kier alpha value is -0.0700. The molecule has 1 rings (SSSR count). The molecular formula is C7H13F. The minimum absolute atomic E-state index is 0.429. The van der Waals surface area contributed by atoms with Gasteiger partial charge in [-0.2, -0.15) is 0 Å². The third kappa shape index (κ3) is 1.46. The number of halogens is 1. The molecule has 2 atom stereocenters. The number of hydrogen-bond donors (Lipinski definition) is 0. The minimum Gasteiger partial charge on any atom is -0.247 e. The van der Waals surface area contributed by atoms with Crippen molar-refractivity contribution in [1.82, 2.24) is 0 Å². The Morgan fingerprint density at radius 3 is 2.62 bits per heavy atom. The Kier molecular flexibility index (Phi) is 1.87. The molecule has 2 unspecified atom stereocenters. The van der Waals surface area contributed by atoms with Gasteiger partial charge in [0, 0.05) is 0 Å². The highest BCUT2D eigenvalue weighted by Gasteiger charge is 2.35. The third-order valence-electron chi connectivity index (χ3n) is 1.76. The summed E-state index contributed by atoms with van der Waals surface area (Å²) < 4.78 is 12.1. The van der Waals surface area contributed by atoms with Crippen LogP contribution in [-0.2, 0) is 0 Å². The van der Waals surface area contributed by atoms with Crippen LogP contribution in [0.2, 0.25) is 0 Å². The van der Waals surface area contributed by atoms with Crippen molar-refractivity contribution in [3.63, 3.8) is 0 Å². The van der Waals surface area contributed by atoms with E-state index in [1.807, 2.05) is 0 Å². The number of alkyl halides is 1. The Morgan fingerprint density at radius 1 is 1.62 bits per heavy atom. The predicted octanol–water partition coefficient (Wildman–Crippen LogP) is 2.53. The van der Waals surface area contributed by atoms with E-state index in [9.17, 15) is 4.39 Å². The van der Waals surface area contributed by atoms with Crippen molar-refractivity contribution in [2.45, 2.75) is 38.8 Å². The number of unbranched alkanes of at least 4 members (excludes halogenated alkanes) is 1. The topological polar surface area (TPSA) is 0 Å². The smallest absolute Gasteiger partial charge is 0.103 e. The van der Waals surface area contributed by atoms with Crippen LogP contribution in [0.5, 0.6) is 0 Å². The van der Waals surface area contributed by atoms with Crippen molar-refractivity contribution in [2.24, 2.45) is 5.92 Å². The maximum Gasteiger partial charge on any atom is 0.103 e. The first kappa shape index (κ1) is 6.06. The SMILES string of the molecule is CCCCC1CC1F. The molecule has 0 aliphatic heterocycles. The summed E-state index contributed by atoms with van der Waals surface area (Å²) in [5.41, 5.74) is 0. The summed E-state index contributed by atoms with van der Waals surface area (Å²) in [6.45, 7) is 2.15. The van der Waals surface area contributed by atoms with E-state index in [1.54, 1.807) is 0 Å². The van der Waals surface area contributed by atoms with Gasteiger partial charge >= 0.3 is 0 Å². The van der Waals surface area contributed by atoms with Crippen molar-refractivity contribution >= 4 is 0 Å². The molecule has 0 saturated heterocycles. The molecule has 1 aliphatic carbocycles. The van der Waals surface area contributed by atoms with E-state index in [0.29, 0.717) is 5.92 Å². The van der Waals surface area contributed by atoms with Gasteiger partial charge in [0.05, 0.1) is 0 Å². The van der Waals surface area contributed by atoms with Gasteiger partial charge in [-0.3, -0.25) is 0 Å². The second-order valence-electron chi connectivity index (χ2n) is 2.65. The van der Waals surface area contributed by atoms with Gasteiger partial charge in [0.25, 0.3) is 0 Å². The molecular weight excluding hydrogens is 103 g/mol. The van der Waals surface area contributed by atoms with Crippen LogP contribution in [0.25, 0.3) is 0 Å². The monoisotopic (exact) mass is 116 g/mol. The number of rotatable bonds is 3. The molecule has 0 heterocycles. The van der Waals surface area contributed by atoms with Crippen molar-refractivity contribution in [1.29, 1.82) is 0 Å². The average molecular weight is 116 g/mol. The standard InChI is InChI=1S/C7H13F/c1-2-3-4-6-5-7(6)8/h6-7H,2-5H2,1H3. The van der Waals surface area contributed by atoms with Crippen LogP contribution in [0, 0.1) is 5.92 Å². The molecule has 48 valence electrons. The second-order valence-corrected chi connectivity index (χ2v) is 2.65. The first-order valence-corrected chi connectivity index (χ1v) is 3.48. The zero-order valence-corrected chi connectivity index (χ0v) is 5.36. The van der Waals surface area contributed by atoms with Crippen molar-refractivity contribution < 1.29 is 4.39 Å². The van der Waals surface area contributed by atoms with Crippen LogP contribution < -0.4 is 0 Å². The van der Waals surface area contributed by atoms with E-state index >= 15 is 0 Å². The minimum atomic E-state index is -0.429. The van der Waals surface area contributed by atoms with Crippen molar-refractivity contribution in [3.05, 3.63) is 0 Å². The largest absolute Gasteiger partial charge is 0.247 e. The van der Waals surface area contributed by atoms with E-state index in [2.05, 4.69) is 6.92 Å². The molecule has 1 aliphatic rings. The maximum atomic E-state index is 12.1. The first-order valence-electron chi connectivity index (χ1n) is 3.48. The molecule has 0 bridgehead atoms. The average Bonchev–Trinajstić information content (AvgIpc) is 2.42. The van der Waals surface area contributed by atoms with Crippen LogP contribution in [0.4, 0.5) is 4.39 Å². The highest BCUT2D eigenvalue weighted by atomic mass is 19.1. The fourth-order valence-electron chi connectivity index (χ4n) is 0.976. The lowest BCUT2D eigenvalue weighted by atomic mass is 10.2.